The Morgan fingerprint density at radius 1 is 0.917 bits per heavy atom. The van der Waals surface area contributed by atoms with Crippen LogP contribution in [0.15, 0.2) is 48.2 Å². The fraction of sp³-hybridized carbons (Fsp3) is 0.500. The molecule has 0 N–H and O–H groups in total. The second kappa shape index (κ2) is 9.72. The highest BCUT2D eigenvalue weighted by atomic mass is 16.7. The molecule has 2 aromatic rings. The number of carbonyl (C=O) groups excluding carboxylic acids is 1. The van der Waals surface area contributed by atoms with Crippen molar-refractivity contribution in [3.8, 4) is 5.75 Å². The molecule has 2 aliphatic heterocycles. The van der Waals surface area contributed by atoms with Crippen LogP contribution in [-0.4, -0.2) is 30.9 Å². The molecule has 2 aromatic carbocycles. The molecule has 2 aliphatic rings. The smallest absolute Gasteiger partial charge is 0.485 e. The number of esters is 1. The van der Waals surface area contributed by atoms with E-state index >= 15 is 0 Å². The lowest BCUT2D eigenvalue weighted by molar-refractivity contribution is -0.136. The predicted octanol–water partition coefficient (Wildman–Crippen LogP) is 5.92. The summed E-state index contributed by atoms with van der Waals surface area (Å²) in [6, 6.07) is 13.1. The van der Waals surface area contributed by atoms with Crippen molar-refractivity contribution in [2.75, 3.05) is 6.61 Å². The van der Waals surface area contributed by atoms with Gasteiger partial charge in [-0.3, -0.25) is 4.79 Å². The number of aryl methyl sites for hydroxylation is 2. The van der Waals surface area contributed by atoms with Gasteiger partial charge < -0.3 is 18.8 Å². The van der Waals surface area contributed by atoms with Crippen molar-refractivity contribution >= 4 is 18.6 Å². The van der Waals surface area contributed by atoms with Gasteiger partial charge >= 0.3 is 13.1 Å². The molecule has 36 heavy (non-hydrogen) atoms. The van der Waals surface area contributed by atoms with Crippen LogP contribution >= 0.6 is 0 Å². The van der Waals surface area contributed by atoms with Crippen molar-refractivity contribution in [1.29, 1.82) is 0 Å². The fourth-order valence-electron chi connectivity index (χ4n) is 5.21. The maximum atomic E-state index is 11.3. The molecule has 1 fully saturated rings. The third kappa shape index (κ3) is 4.73. The minimum absolute atomic E-state index is 0.119. The summed E-state index contributed by atoms with van der Waals surface area (Å²) in [6.07, 6.45) is 4.04. The van der Waals surface area contributed by atoms with E-state index in [4.69, 9.17) is 18.8 Å². The summed E-state index contributed by atoms with van der Waals surface area (Å²) in [4.78, 5) is 11.3. The number of hydrogen-bond acceptors (Lipinski definition) is 5. The van der Waals surface area contributed by atoms with E-state index in [-0.39, 0.29) is 36.3 Å². The van der Waals surface area contributed by atoms with E-state index in [1.54, 1.807) is 6.08 Å². The Morgan fingerprint density at radius 2 is 1.50 bits per heavy atom. The molecule has 0 saturated carbocycles. The molecule has 0 radical (unpaired) electrons. The Balaban J connectivity index is 1.60. The molecule has 0 atom stereocenters. The molecule has 0 spiro atoms. The summed E-state index contributed by atoms with van der Waals surface area (Å²) in [7, 11) is -0.366. The average Bonchev–Trinajstić information content (AvgIpc) is 3.33. The van der Waals surface area contributed by atoms with Crippen LogP contribution in [0.5, 0.6) is 5.75 Å². The van der Waals surface area contributed by atoms with Crippen molar-refractivity contribution in [2.24, 2.45) is 0 Å². The van der Waals surface area contributed by atoms with Gasteiger partial charge in [0, 0.05) is 5.41 Å². The van der Waals surface area contributed by atoms with Crippen LogP contribution in [0, 0.1) is 13.8 Å². The highest BCUT2D eigenvalue weighted by molar-refractivity contribution is 6.62. The van der Waals surface area contributed by atoms with Gasteiger partial charge in [-0.25, -0.2) is 0 Å². The number of benzene rings is 2. The molecule has 5 nitrogen and oxygen atoms in total. The lowest BCUT2D eigenvalue weighted by atomic mass is 9.68. The predicted molar refractivity (Wildman–Crippen MR) is 144 cm³/mol. The summed E-state index contributed by atoms with van der Waals surface area (Å²) >= 11 is 0. The van der Waals surface area contributed by atoms with Gasteiger partial charge in [0.1, 0.15) is 18.1 Å². The number of rotatable bonds is 8. The van der Waals surface area contributed by atoms with E-state index in [1.165, 1.54) is 16.7 Å². The zero-order valence-electron chi connectivity index (χ0n) is 23.0. The number of cyclic esters (lactones) is 1. The van der Waals surface area contributed by atoms with Crippen molar-refractivity contribution in [1.82, 2.24) is 0 Å². The standard InChI is InChI=1S/C30H39BO5/c1-9-30(10-2,23-12-15-26(21(4)18-23)33-19-24-13-16-27(32)34-24)22-11-14-25(20(3)17-22)31-35-28(5,6)29(7,8)36-31/h11-15,17-18H,9-10,16,19H2,1-8H3. The number of carbonyl (C=O) groups is 1. The Bertz CT molecular complexity index is 1160. The van der Waals surface area contributed by atoms with Crippen molar-refractivity contribution in [2.45, 2.75) is 91.3 Å². The molecule has 0 aliphatic carbocycles. The van der Waals surface area contributed by atoms with E-state index in [0.29, 0.717) is 12.2 Å². The molecular formula is C30H39BO5. The number of hydrogen-bond donors (Lipinski definition) is 0. The SMILES string of the molecule is CCC(CC)(c1ccc(OCC2=CCC(=O)O2)c(C)c1)c1ccc(B2OC(C)(C)C(C)(C)O2)c(C)c1. The molecule has 0 bridgehead atoms. The second-order valence-corrected chi connectivity index (χ2v) is 11.1. The molecule has 192 valence electrons. The highest BCUT2D eigenvalue weighted by Gasteiger charge is 2.52. The van der Waals surface area contributed by atoms with Gasteiger partial charge in [0.15, 0.2) is 0 Å². The van der Waals surface area contributed by atoms with Gasteiger partial charge in [-0.05, 0) is 88.7 Å². The minimum atomic E-state index is -0.366. The maximum absolute atomic E-state index is 11.3. The normalized spacial score (nSPS) is 18.8. The van der Waals surface area contributed by atoms with Crippen molar-refractivity contribution in [3.05, 3.63) is 70.5 Å². The summed E-state index contributed by atoms with van der Waals surface area (Å²) in [5.74, 6) is 1.16. The Kier molecular flexibility index (Phi) is 7.15. The van der Waals surface area contributed by atoms with E-state index in [0.717, 1.165) is 29.6 Å². The summed E-state index contributed by atoms with van der Waals surface area (Å²) in [6.45, 7) is 17.3. The lowest BCUT2D eigenvalue weighted by Crippen LogP contribution is -2.41. The van der Waals surface area contributed by atoms with Gasteiger partial charge in [-0.2, -0.15) is 0 Å². The summed E-state index contributed by atoms with van der Waals surface area (Å²) < 4.78 is 23.8. The van der Waals surface area contributed by atoms with E-state index in [2.05, 4.69) is 85.7 Å². The van der Waals surface area contributed by atoms with Crippen LogP contribution in [0.4, 0.5) is 0 Å². The first-order valence-corrected chi connectivity index (χ1v) is 13.0. The Hall–Kier alpha value is -2.57. The molecule has 6 heteroatoms. The van der Waals surface area contributed by atoms with E-state index in [9.17, 15) is 4.79 Å². The summed E-state index contributed by atoms with van der Waals surface area (Å²) in [5.41, 5.74) is 5.04. The third-order valence-corrected chi connectivity index (χ3v) is 8.38. The Labute approximate surface area is 216 Å². The first-order valence-electron chi connectivity index (χ1n) is 13.0. The van der Waals surface area contributed by atoms with Crippen LogP contribution in [-0.2, 0) is 24.3 Å². The van der Waals surface area contributed by atoms with Crippen LogP contribution in [0.2, 0.25) is 0 Å². The zero-order chi connectivity index (χ0) is 26.3. The van der Waals surface area contributed by atoms with Crippen LogP contribution in [0.1, 0.15) is 83.1 Å². The van der Waals surface area contributed by atoms with Crippen LogP contribution in [0.3, 0.4) is 0 Å². The van der Waals surface area contributed by atoms with Gasteiger partial charge in [0.25, 0.3) is 0 Å². The molecule has 1 saturated heterocycles. The number of ether oxygens (including phenoxy) is 2. The van der Waals surface area contributed by atoms with E-state index in [1.807, 2.05) is 6.07 Å². The maximum Gasteiger partial charge on any atom is 0.495 e. The van der Waals surface area contributed by atoms with Gasteiger partial charge in [-0.1, -0.05) is 49.7 Å². The van der Waals surface area contributed by atoms with Crippen LogP contribution in [0.25, 0.3) is 0 Å². The second-order valence-electron chi connectivity index (χ2n) is 11.1. The summed E-state index contributed by atoms with van der Waals surface area (Å²) in [5, 5.41) is 0. The third-order valence-electron chi connectivity index (χ3n) is 8.38. The van der Waals surface area contributed by atoms with Gasteiger partial charge in [0.2, 0.25) is 0 Å². The Morgan fingerprint density at radius 3 is 2.00 bits per heavy atom. The average molecular weight is 490 g/mol. The molecule has 0 aromatic heterocycles. The molecule has 4 rings (SSSR count). The van der Waals surface area contributed by atoms with E-state index < -0.39 is 0 Å². The monoisotopic (exact) mass is 490 g/mol. The van der Waals surface area contributed by atoms with Crippen molar-refractivity contribution < 1.29 is 23.6 Å². The first-order chi connectivity index (χ1) is 16.9. The highest BCUT2D eigenvalue weighted by Crippen LogP contribution is 2.41. The fourth-order valence-corrected chi connectivity index (χ4v) is 5.21. The first kappa shape index (κ1) is 26.5. The van der Waals surface area contributed by atoms with Crippen molar-refractivity contribution in [3.63, 3.8) is 0 Å². The topological polar surface area (TPSA) is 54.0 Å². The lowest BCUT2D eigenvalue weighted by Gasteiger charge is -2.34. The van der Waals surface area contributed by atoms with Gasteiger partial charge in [-0.15, -0.1) is 0 Å². The molecule has 0 amide bonds. The largest absolute Gasteiger partial charge is 0.495 e. The molecule has 2 heterocycles. The molecular weight excluding hydrogens is 451 g/mol. The minimum Gasteiger partial charge on any atom is -0.485 e. The molecule has 0 unspecified atom stereocenters. The zero-order valence-corrected chi connectivity index (χ0v) is 23.0. The van der Waals surface area contributed by atoms with Crippen LogP contribution < -0.4 is 10.2 Å². The quantitative estimate of drug-likeness (QED) is 0.340. The van der Waals surface area contributed by atoms with Gasteiger partial charge in [0.05, 0.1) is 17.6 Å².